The van der Waals surface area contributed by atoms with Gasteiger partial charge in [-0.1, -0.05) is 28.1 Å². The Bertz CT molecular complexity index is 795. The lowest BCUT2D eigenvalue weighted by molar-refractivity contribution is 0.736. The van der Waals surface area contributed by atoms with Crippen molar-refractivity contribution in [3.8, 4) is 0 Å². The van der Waals surface area contributed by atoms with Gasteiger partial charge in [-0.2, -0.15) is 0 Å². The molecule has 2 heterocycles. The van der Waals surface area contributed by atoms with E-state index in [1.54, 1.807) is 0 Å². The summed E-state index contributed by atoms with van der Waals surface area (Å²) < 4.78 is 3.16. The average Bonchev–Trinajstić information content (AvgIpc) is 2.77. The Hall–Kier alpha value is -1.39. The van der Waals surface area contributed by atoms with Crippen LogP contribution in [0.2, 0.25) is 0 Å². The summed E-state index contributed by atoms with van der Waals surface area (Å²) in [5.74, 6) is 0.852. The maximum absolute atomic E-state index is 6.30. The van der Waals surface area contributed by atoms with Crippen molar-refractivity contribution in [2.75, 3.05) is 0 Å². The Labute approximate surface area is 137 Å². The summed E-state index contributed by atoms with van der Waals surface area (Å²) in [7, 11) is 0. The van der Waals surface area contributed by atoms with Gasteiger partial charge in [0.25, 0.3) is 0 Å². The Morgan fingerprint density at radius 1 is 1.33 bits per heavy atom. The lowest BCUT2D eigenvalue weighted by Gasteiger charge is -2.10. The van der Waals surface area contributed by atoms with Crippen LogP contribution in [0, 0.1) is 6.92 Å². The molecule has 0 spiro atoms. The van der Waals surface area contributed by atoms with Crippen molar-refractivity contribution < 1.29 is 0 Å². The van der Waals surface area contributed by atoms with E-state index in [1.807, 2.05) is 38.2 Å². The zero-order valence-corrected chi connectivity index (χ0v) is 14.2. The molecule has 1 aromatic carbocycles. The van der Waals surface area contributed by atoms with Crippen LogP contribution < -0.4 is 0 Å². The molecule has 108 valence electrons. The molecular weight excluding hydrogens is 350 g/mol. The van der Waals surface area contributed by atoms with Crippen LogP contribution in [0.1, 0.15) is 29.3 Å². The van der Waals surface area contributed by atoms with E-state index >= 15 is 0 Å². The molecule has 0 saturated heterocycles. The van der Waals surface area contributed by atoms with Crippen LogP contribution in [0.4, 0.5) is 0 Å². The van der Waals surface area contributed by atoms with Gasteiger partial charge in [-0.05, 0) is 43.2 Å². The molecular formula is C16H15BrClN3. The molecule has 5 heteroatoms. The molecule has 0 saturated carbocycles. The minimum Gasteiger partial charge on any atom is -0.307 e. The minimum absolute atomic E-state index is 0.161. The first kappa shape index (κ1) is 14.5. The predicted octanol–water partition coefficient (Wildman–Crippen LogP) is 4.85. The quantitative estimate of drug-likeness (QED) is 0.622. The third kappa shape index (κ3) is 2.97. The summed E-state index contributed by atoms with van der Waals surface area (Å²) in [6.07, 6.45) is 1.87. The molecule has 3 rings (SSSR count). The first-order valence-electron chi connectivity index (χ1n) is 6.76. The number of rotatable bonds is 3. The van der Waals surface area contributed by atoms with E-state index < -0.39 is 0 Å². The number of nitrogens with zero attached hydrogens (tertiary/aromatic N) is 3. The molecule has 0 amide bonds. The zero-order chi connectivity index (χ0) is 15.0. The van der Waals surface area contributed by atoms with Crippen molar-refractivity contribution in [3.63, 3.8) is 0 Å². The molecule has 0 aliphatic heterocycles. The second-order valence-electron chi connectivity index (χ2n) is 5.16. The molecule has 0 bridgehead atoms. The molecule has 0 fully saturated rings. The number of halogens is 2. The van der Waals surface area contributed by atoms with Gasteiger partial charge in [0.2, 0.25) is 0 Å². The molecule has 0 aliphatic carbocycles. The van der Waals surface area contributed by atoms with Gasteiger partial charge >= 0.3 is 0 Å². The van der Waals surface area contributed by atoms with Crippen molar-refractivity contribution in [3.05, 3.63) is 58.0 Å². The third-order valence-electron chi connectivity index (χ3n) is 3.34. The molecule has 1 atom stereocenters. The Balaban J connectivity index is 2.13. The van der Waals surface area contributed by atoms with Crippen LogP contribution in [-0.2, 0) is 6.54 Å². The number of aryl methyl sites for hydroxylation is 1. The highest BCUT2D eigenvalue weighted by molar-refractivity contribution is 9.10. The van der Waals surface area contributed by atoms with E-state index in [0.717, 1.165) is 27.0 Å². The molecule has 0 aliphatic rings. The van der Waals surface area contributed by atoms with Crippen LogP contribution in [0.5, 0.6) is 0 Å². The number of alkyl halides is 1. The highest BCUT2D eigenvalue weighted by Crippen LogP contribution is 2.25. The van der Waals surface area contributed by atoms with E-state index in [-0.39, 0.29) is 5.38 Å². The fraction of sp³-hybridized carbons (Fsp3) is 0.250. The van der Waals surface area contributed by atoms with E-state index in [9.17, 15) is 0 Å². The Morgan fingerprint density at radius 3 is 2.86 bits per heavy atom. The predicted molar refractivity (Wildman–Crippen MR) is 89.8 cm³/mol. The molecule has 1 unspecified atom stereocenters. The lowest BCUT2D eigenvalue weighted by Crippen LogP contribution is -2.06. The normalized spacial score (nSPS) is 12.8. The summed E-state index contributed by atoms with van der Waals surface area (Å²) in [5, 5.41) is -0.161. The van der Waals surface area contributed by atoms with Gasteiger partial charge in [-0.15, -0.1) is 11.6 Å². The second-order valence-corrected chi connectivity index (χ2v) is 6.73. The van der Waals surface area contributed by atoms with Crippen LogP contribution in [0.25, 0.3) is 11.2 Å². The molecule has 0 N–H and O–H groups in total. The first-order chi connectivity index (χ1) is 10.0. The van der Waals surface area contributed by atoms with Gasteiger partial charge in [0.05, 0.1) is 11.9 Å². The number of pyridine rings is 1. The van der Waals surface area contributed by atoms with Crippen LogP contribution in [0.3, 0.4) is 0 Å². The maximum atomic E-state index is 6.30. The topological polar surface area (TPSA) is 30.7 Å². The fourth-order valence-electron chi connectivity index (χ4n) is 2.41. The monoisotopic (exact) mass is 363 g/mol. The fourth-order valence-corrected chi connectivity index (χ4v) is 3.02. The minimum atomic E-state index is -0.161. The van der Waals surface area contributed by atoms with Gasteiger partial charge in [-0.25, -0.2) is 9.97 Å². The molecule has 0 radical (unpaired) electrons. The Morgan fingerprint density at radius 2 is 2.14 bits per heavy atom. The number of aromatic nitrogens is 3. The van der Waals surface area contributed by atoms with Gasteiger partial charge < -0.3 is 4.57 Å². The van der Waals surface area contributed by atoms with Crippen molar-refractivity contribution in [1.29, 1.82) is 0 Å². The van der Waals surface area contributed by atoms with Gasteiger partial charge in [0.1, 0.15) is 11.3 Å². The number of imidazole rings is 1. The van der Waals surface area contributed by atoms with E-state index in [0.29, 0.717) is 6.54 Å². The lowest BCUT2D eigenvalue weighted by atomic mass is 10.2. The summed E-state index contributed by atoms with van der Waals surface area (Å²) in [4.78, 5) is 9.18. The Kier molecular flexibility index (Phi) is 4.00. The summed E-state index contributed by atoms with van der Waals surface area (Å²) in [6.45, 7) is 4.66. The molecule has 21 heavy (non-hydrogen) atoms. The van der Waals surface area contributed by atoms with Crippen molar-refractivity contribution in [1.82, 2.24) is 14.5 Å². The maximum Gasteiger partial charge on any atom is 0.160 e. The second kappa shape index (κ2) is 5.78. The molecule has 2 aromatic heterocycles. The van der Waals surface area contributed by atoms with Crippen molar-refractivity contribution >= 4 is 38.7 Å². The van der Waals surface area contributed by atoms with Gasteiger partial charge in [-0.3, -0.25) is 0 Å². The number of hydrogen-bond acceptors (Lipinski definition) is 2. The highest BCUT2D eigenvalue weighted by Gasteiger charge is 2.16. The summed E-state index contributed by atoms with van der Waals surface area (Å²) >= 11 is 9.80. The van der Waals surface area contributed by atoms with Gasteiger partial charge in [0, 0.05) is 10.7 Å². The zero-order valence-electron chi connectivity index (χ0n) is 11.8. The smallest absolute Gasteiger partial charge is 0.160 e. The van der Waals surface area contributed by atoms with E-state index in [4.69, 9.17) is 11.6 Å². The molecule has 3 aromatic rings. The average molecular weight is 365 g/mol. The largest absolute Gasteiger partial charge is 0.307 e. The SMILES string of the molecule is Cc1cnc2c(c1)nc(C(C)Cl)n2Cc1cccc(Br)c1. The highest BCUT2D eigenvalue weighted by atomic mass is 79.9. The van der Waals surface area contributed by atoms with E-state index in [1.165, 1.54) is 5.56 Å². The number of benzene rings is 1. The van der Waals surface area contributed by atoms with Crippen molar-refractivity contribution in [2.24, 2.45) is 0 Å². The summed E-state index contributed by atoms with van der Waals surface area (Å²) in [6, 6.07) is 10.3. The van der Waals surface area contributed by atoms with Gasteiger partial charge in [0.15, 0.2) is 5.65 Å². The standard InChI is InChI=1S/C16H15BrClN3/c1-10-6-14-16(19-8-10)21(15(20-14)11(2)18)9-12-4-3-5-13(17)7-12/h3-8,11H,9H2,1-2H3. The molecule has 3 nitrogen and oxygen atoms in total. The summed E-state index contributed by atoms with van der Waals surface area (Å²) in [5.41, 5.74) is 4.06. The van der Waals surface area contributed by atoms with E-state index in [2.05, 4.69) is 42.6 Å². The van der Waals surface area contributed by atoms with Crippen LogP contribution in [0.15, 0.2) is 41.0 Å². The van der Waals surface area contributed by atoms with Crippen LogP contribution in [-0.4, -0.2) is 14.5 Å². The van der Waals surface area contributed by atoms with Crippen molar-refractivity contribution in [2.45, 2.75) is 25.8 Å². The number of hydrogen-bond donors (Lipinski definition) is 0. The first-order valence-corrected chi connectivity index (χ1v) is 7.99. The van der Waals surface area contributed by atoms with Crippen LogP contribution >= 0.6 is 27.5 Å². The third-order valence-corrected chi connectivity index (χ3v) is 4.03. The number of fused-ring (bicyclic) bond motifs is 1.